The summed E-state index contributed by atoms with van der Waals surface area (Å²) in [5.74, 6) is 0.437. The van der Waals surface area contributed by atoms with Crippen LogP contribution in [0.4, 0.5) is 0 Å². The molecule has 0 N–H and O–H groups in total. The summed E-state index contributed by atoms with van der Waals surface area (Å²) in [6.45, 7) is 11.3. The monoisotopic (exact) mass is 300 g/mol. The fraction of sp³-hybridized carbons (Fsp3) is 0.316. The molecule has 1 aromatic carbocycles. The lowest BCUT2D eigenvalue weighted by molar-refractivity contribution is -0.142. The first-order valence-corrected chi connectivity index (χ1v) is 7.20. The fourth-order valence-corrected chi connectivity index (χ4v) is 1.88. The topological polar surface area (TPSA) is 35.5 Å². The van der Waals surface area contributed by atoms with Gasteiger partial charge in [-0.15, -0.1) is 0 Å². The van der Waals surface area contributed by atoms with Gasteiger partial charge in [0, 0.05) is 11.6 Å². The molecule has 22 heavy (non-hydrogen) atoms. The molecule has 0 heterocycles. The van der Waals surface area contributed by atoms with E-state index in [4.69, 9.17) is 9.47 Å². The van der Waals surface area contributed by atoms with Gasteiger partial charge in [0.2, 0.25) is 0 Å². The predicted octanol–water partition coefficient (Wildman–Crippen LogP) is 4.85. The Morgan fingerprint density at radius 2 is 1.95 bits per heavy atom. The number of benzene rings is 1. The van der Waals surface area contributed by atoms with Gasteiger partial charge in [-0.1, -0.05) is 35.9 Å². The zero-order valence-corrected chi connectivity index (χ0v) is 14.0. The molecule has 0 saturated heterocycles. The minimum atomic E-state index is -0.331. The highest BCUT2D eigenvalue weighted by atomic mass is 16.5. The van der Waals surface area contributed by atoms with Crippen molar-refractivity contribution in [3.63, 3.8) is 0 Å². The second-order valence-electron chi connectivity index (χ2n) is 5.48. The molecule has 1 atom stereocenters. The van der Waals surface area contributed by atoms with Crippen molar-refractivity contribution < 1.29 is 14.3 Å². The van der Waals surface area contributed by atoms with E-state index in [1.165, 1.54) is 6.08 Å². The average molecular weight is 300 g/mol. The van der Waals surface area contributed by atoms with Crippen LogP contribution in [0.15, 0.2) is 48.1 Å². The lowest BCUT2D eigenvalue weighted by Crippen LogP contribution is -2.07. The van der Waals surface area contributed by atoms with Crippen LogP contribution in [0.1, 0.15) is 44.9 Å². The molecule has 1 rings (SSSR count). The molecule has 0 radical (unpaired) electrons. The molecule has 0 fully saturated rings. The standard InChI is InChI=1S/C19H24O3/c1-13(2)7-8-17-12-16(9-10-18(17)21-6)15(5)22-19(20)11-14(3)4/h7-12,15H,1H2,2-6H3. The van der Waals surface area contributed by atoms with E-state index in [1.54, 1.807) is 7.11 Å². The summed E-state index contributed by atoms with van der Waals surface area (Å²) < 4.78 is 10.8. The Morgan fingerprint density at radius 1 is 1.27 bits per heavy atom. The lowest BCUT2D eigenvalue weighted by atomic mass is 10.0. The molecule has 3 nitrogen and oxygen atoms in total. The van der Waals surface area contributed by atoms with E-state index >= 15 is 0 Å². The molecular weight excluding hydrogens is 276 g/mol. The minimum Gasteiger partial charge on any atom is -0.496 e. The minimum absolute atomic E-state index is 0.328. The van der Waals surface area contributed by atoms with Crippen molar-refractivity contribution in [2.24, 2.45) is 0 Å². The number of rotatable bonds is 6. The quantitative estimate of drug-likeness (QED) is 0.428. The van der Waals surface area contributed by atoms with Gasteiger partial charge in [-0.2, -0.15) is 0 Å². The summed E-state index contributed by atoms with van der Waals surface area (Å²) in [6, 6.07) is 5.73. The van der Waals surface area contributed by atoms with E-state index in [9.17, 15) is 4.79 Å². The number of hydrogen-bond acceptors (Lipinski definition) is 3. The summed E-state index contributed by atoms with van der Waals surface area (Å²) in [4.78, 5) is 11.7. The van der Waals surface area contributed by atoms with Crippen molar-refractivity contribution in [3.05, 3.63) is 59.2 Å². The van der Waals surface area contributed by atoms with Crippen molar-refractivity contribution in [2.75, 3.05) is 7.11 Å². The van der Waals surface area contributed by atoms with Gasteiger partial charge >= 0.3 is 5.97 Å². The highest BCUT2D eigenvalue weighted by Gasteiger charge is 2.12. The SMILES string of the molecule is C=C(C)C=Cc1cc(C(C)OC(=O)C=C(C)C)ccc1OC. The van der Waals surface area contributed by atoms with Crippen LogP contribution in [0.3, 0.4) is 0 Å². The molecule has 0 bridgehead atoms. The second kappa shape index (κ2) is 8.23. The number of ether oxygens (including phenoxy) is 2. The van der Waals surface area contributed by atoms with Crippen molar-refractivity contribution in [2.45, 2.75) is 33.8 Å². The number of esters is 1. The highest BCUT2D eigenvalue weighted by Crippen LogP contribution is 2.26. The lowest BCUT2D eigenvalue weighted by Gasteiger charge is -2.14. The Morgan fingerprint density at radius 3 is 2.50 bits per heavy atom. The first-order valence-electron chi connectivity index (χ1n) is 7.20. The first kappa shape index (κ1) is 17.8. The van der Waals surface area contributed by atoms with E-state index in [0.717, 1.165) is 28.0 Å². The Hall–Kier alpha value is -2.29. The highest BCUT2D eigenvalue weighted by molar-refractivity contribution is 5.82. The molecule has 118 valence electrons. The van der Waals surface area contributed by atoms with Crippen LogP contribution in [0.5, 0.6) is 5.75 Å². The molecule has 0 amide bonds. The third-order valence-corrected chi connectivity index (χ3v) is 2.97. The summed E-state index contributed by atoms with van der Waals surface area (Å²) in [5, 5.41) is 0. The summed E-state index contributed by atoms with van der Waals surface area (Å²) >= 11 is 0. The molecule has 1 unspecified atom stereocenters. The maximum atomic E-state index is 11.7. The molecule has 0 aliphatic carbocycles. The van der Waals surface area contributed by atoms with Gasteiger partial charge in [-0.3, -0.25) is 0 Å². The van der Waals surface area contributed by atoms with Gasteiger partial charge in [0.1, 0.15) is 11.9 Å². The van der Waals surface area contributed by atoms with E-state index in [2.05, 4.69) is 6.58 Å². The molecule has 3 heteroatoms. The van der Waals surface area contributed by atoms with Gasteiger partial charge in [0.25, 0.3) is 0 Å². The number of carbonyl (C=O) groups is 1. The summed E-state index contributed by atoms with van der Waals surface area (Å²) in [7, 11) is 1.63. The van der Waals surface area contributed by atoms with Crippen LogP contribution in [0.25, 0.3) is 6.08 Å². The number of allylic oxidation sites excluding steroid dienone is 3. The fourth-order valence-electron chi connectivity index (χ4n) is 1.88. The van der Waals surface area contributed by atoms with Crippen LogP contribution in [-0.4, -0.2) is 13.1 Å². The second-order valence-corrected chi connectivity index (χ2v) is 5.48. The van der Waals surface area contributed by atoms with Gasteiger partial charge in [-0.25, -0.2) is 4.79 Å². The Balaban J connectivity index is 3.00. The molecule has 0 aromatic heterocycles. The Labute approximate surface area is 132 Å². The van der Waals surface area contributed by atoms with Gasteiger partial charge < -0.3 is 9.47 Å². The van der Waals surface area contributed by atoms with E-state index < -0.39 is 0 Å². The zero-order valence-electron chi connectivity index (χ0n) is 14.0. The van der Waals surface area contributed by atoms with E-state index in [1.807, 2.05) is 58.0 Å². The molecule has 0 aliphatic heterocycles. The third kappa shape index (κ3) is 5.60. The number of hydrogen-bond donors (Lipinski definition) is 0. The predicted molar refractivity (Wildman–Crippen MR) is 90.8 cm³/mol. The van der Waals surface area contributed by atoms with Gasteiger partial charge in [-0.05, 0) is 45.4 Å². The van der Waals surface area contributed by atoms with Crippen molar-refractivity contribution in [1.29, 1.82) is 0 Å². The molecule has 0 spiro atoms. The molecule has 1 aromatic rings. The smallest absolute Gasteiger partial charge is 0.331 e. The zero-order chi connectivity index (χ0) is 16.7. The van der Waals surface area contributed by atoms with Crippen molar-refractivity contribution in [1.82, 2.24) is 0 Å². The molecular formula is C19H24O3. The van der Waals surface area contributed by atoms with Crippen LogP contribution >= 0.6 is 0 Å². The van der Waals surface area contributed by atoms with Crippen molar-refractivity contribution >= 4 is 12.0 Å². The molecule has 0 saturated carbocycles. The normalized spacial score (nSPS) is 11.9. The van der Waals surface area contributed by atoms with Crippen LogP contribution in [0.2, 0.25) is 0 Å². The summed E-state index contributed by atoms with van der Waals surface area (Å²) in [6.07, 6.45) is 5.02. The molecule has 0 aliphatic rings. The summed E-state index contributed by atoms with van der Waals surface area (Å²) in [5.41, 5.74) is 3.71. The maximum absolute atomic E-state index is 11.7. The third-order valence-electron chi connectivity index (χ3n) is 2.97. The van der Waals surface area contributed by atoms with Crippen LogP contribution in [0, 0.1) is 0 Å². The van der Waals surface area contributed by atoms with E-state index in [0.29, 0.717) is 0 Å². The van der Waals surface area contributed by atoms with E-state index in [-0.39, 0.29) is 12.1 Å². The van der Waals surface area contributed by atoms with Gasteiger partial charge in [0.15, 0.2) is 0 Å². The first-order chi connectivity index (χ1) is 10.3. The Bertz CT molecular complexity index is 605. The van der Waals surface area contributed by atoms with Crippen molar-refractivity contribution in [3.8, 4) is 5.75 Å². The number of methoxy groups -OCH3 is 1. The van der Waals surface area contributed by atoms with Crippen LogP contribution in [-0.2, 0) is 9.53 Å². The maximum Gasteiger partial charge on any atom is 0.331 e. The average Bonchev–Trinajstić information content (AvgIpc) is 2.43. The van der Waals surface area contributed by atoms with Crippen LogP contribution < -0.4 is 4.74 Å². The largest absolute Gasteiger partial charge is 0.496 e. The number of carbonyl (C=O) groups excluding carboxylic acids is 1. The Kier molecular flexibility index (Phi) is 6.64. The van der Waals surface area contributed by atoms with Gasteiger partial charge in [0.05, 0.1) is 7.11 Å².